The number of amides is 1. The summed E-state index contributed by atoms with van der Waals surface area (Å²) in [6.45, 7) is 0.527. The maximum Gasteiger partial charge on any atom is 0.253 e. The molecular formula is C11H15BrN2O3S. The van der Waals surface area contributed by atoms with Gasteiger partial charge in [0.25, 0.3) is 5.91 Å². The van der Waals surface area contributed by atoms with E-state index >= 15 is 0 Å². The SMILES string of the molecule is CN(CCNS(C)(=O)=O)C(=O)c1ccc(Br)cc1. The van der Waals surface area contributed by atoms with E-state index in [4.69, 9.17) is 0 Å². The molecule has 0 bridgehead atoms. The average molecular weight is 335 g/mol. The van der Waals surface area contributed by atoms with E-state index in [1.807, 2.05) is 0 Å². The van der Waals surface area contributed by atoms with E-state index in [9.17, 15) is 13.2 Å². The van der Waals surface area contributed by atoms with Gasteiger partial charge >= 0.3 is 0 Å². The second-order valence-electron chi connectivity index (χ2n) is 3.90. The largest absolute Gasteiger partial charge is 0.340 e. The Morgan fingerprint density at radius 1 is 1.33 bits per heavy atom. The van der Waals surface area contributed by atoms with E-state index in [1.165, 1.54) is 4.90 Å². The zero-order valence-corrected chi connectivity index (χ0v) is 12.6. The number of benzene rings is 1. The summed E-state index contributed by atoms with van der Waals surface area (Å²) < 4.78 is 25.0. The van der Waals surface area contributed by atoms with Crippen molar-refractivity contribution in [2.75, 3.05) is 26.4 Å². The van der Waals surface area contributed by atoms with E-state index in [1.54, 1.807) is 31.3 Å². The smallest absolute Gasteiger partial charge is 0.253 e. The van der Waals surface area contributed by atoms with Gasteiger partial charge in [0, 0.05) is 30.2 Å². The third-order valence-corrected chi connectivity index (χ3v) is 3.51. The summed E-state index contributed by atoms with van der Waals surface area (Å²) in [6.07, 6.45) is 1.09. The minimum absolute atomic E-state index is 0.141. The summed E-state index contributed by atoms with van der Waals surface area (Å²) in [4.78, 5) is 13.4. The fraction of sp³-hybridized carbons (Fsp3) is 0.364. The highest BCUT2D eigenvalue weighted by molar-refractivity contribution is 9.10. The Hall–Kier alpha value is -0.920. The van der Waals surface area contributed by atoms with Crippen molar-refractivity contribution >= 4 is 31.9 Å². The molecule has 1 aromatic rings. The number of nitrogens with one attached hydrogen (secondary N) is 1. The zero-order chi connectivity index (χ0) is 13.8. The van der Waals surface area contributed by atoms with Crippen molar-refractivity contribution in [3.8, 4) is 0 Å². The van der Waals surface area contributed by atoms with Crippen LogP contribution in [0.15, 0.2) is 28.7 Å². The third kappa shape index (κ3) is 5.16. The summed E-state index contributed by atoms with van der Waals surface area (Å²) in [5, 5.41) is 0. The third-order valence-electron chi connectivity index (χ3n) is 2.25. The van der Waals surface area contributed by atoms with Crippen LogP contribution in [0, 0.1) is 0 Å². The molecule has 1 rings (SSSR count). The monoisotopic (exact) mass is 334 g/mol. The molecular weight excluding hydrogens is 320 g/mol. The minimum atomic E-state index is -3.21. The molecule has 1 amide bonds. The standard InChI is InChI=1S/C11H15BrN2O3S/c1-14(8-7-13-18(2,16)17)11(15)9-3-5-10(12)6-4-9/h3-6,13H,7-8H2,1-2H3. The van der Waals surface area contributed by atoms with E-state index < -0.39 is 10.0 Å². The Balaban J connectivity index is 2.54. The van der Waals surface area contributed by atoms with Crippen LogP contribution in [0.3, 0.4) is 0 Å². The number of likely N-dealkylation sites (N-methyl/N-ethyl adjacent to an activating group) is 1. The summed E-state index contributed by atoms with van der Waals surface area (Å²) in [5.74, 6) is -0.141. The van der Waals surface area contributed by atoms with Crippen molar-refractivity contribution in [3.05, 3.63) is 34.3 Å². The second-order valence-corrected chi connectivity index (χ2v) is 6.65. The first-order chi connectivity index (χ1) is 8.29. The van der Waals surface area contributed by atoms with Gasteiger partial charge in [-0.1, -0.05) is 15.9 Å². The van der Waals surface area contributed by atoms with Gasteiger partial charge in [0.1, 0.15) is 0 Å². The van der Waals surface area contributed by atoms with E-state index in [0.717, 1.165) is 10.7 Å². The van der Waals surface area contributed by atoms with Crippen molar-refractivity contribution < 1.29 is 13.2 Å². The Kier molecular flexibility index (Phi) is 5.30. The maximum atomic E-state index is 11.9. The predicted molar refractivity (Wildman–Crippen MR) is 73.9 cm³/mol. The van der Waals surface area contributed by atoms with Gasteiger partial charge < -0.3 is 4.90 Å². The lowest BCUT2D eigenvalue weighted by atomic mass is 10.2. The Morgan fingerprint density at radius 3 is 2.39 bits per heavy atom. The number of carbonyl (C=O) groups is 1. The van der Waals surface area contributed by atoms with Crippen LogP contribution < -0.4 is 4.72 Å². The number of hydrogen-bond acceptors (Lipinski definition) is 3. The van der Waals surface area contributed by atoms with E-state index in [-0.39, 0.29) is 12.5 Å². The van der Waals surface area contributed by atoms with Gasteiger partial charge in [-0.05, 0) is 24.3 Å². The molecule has 0 unspecified atom stereocenters. The van der Waals surface area contributed by atoms with Gasteiger partial charge in [-0.2, -0.15) is 0 Å². The topological polar surface area (TPSA) is 66.5 Å². The first kappa shape index (κ1) is 15.1. The molecule has 0 aliphatic heterocycles. The van der Waals surface area contributed by atoms with Crippen LogP contribution >= 0.6 is 15.9 Å². The average Bonchev–Trinajstić information content (AvgIpc) is 2.27. The summed E-state index contributed by atoms with van der Waals surface area (Å²) in [7, 11) is -1.58. The molecule has 0 aliphatic rings. The zero-order valence-electron chi connectivity index (χ0n) is 10.2. The molecule has 0 fully saturated rings. The molecule has 1 N–H and O–H groups in total. The second kappa shape index (κ2) is 6.31. The van der Waals surface area contributed by atoms with Crippen LogP contribution in [-0.4, -0.2) is 45.6 Å². The van der Waals surface area contributed by atoms with E-state index in [0.29, 0.717) is 12.1 Å². The quantitative estimate of drug-likeness (QED) is 0.875. The van der Waals surface area contributed by atoms with Crippen molar-refractivity contribution in [2.24, 2.45) is 0 Å². The molecule has 0 atom stereocenters. The number of rotatable bonds is 5. The molecule has 0 heterocycles. The van der Waals surface area contributed by atoms with Crippen molar-refractivity contribution in [1.82, 2.24) is 9.62 Å². The number of sulfonamides is 1. The van der Waals surface area contributed by atoms with Gasteiger partial charge in [0.15, 0.2) is 0 Å². The van der Waals surface area contributed by atoms with Crippen LogP contribution in [0.5, 0.6) is 0 Å². The molecule has 100 valence electrons. The minimum Gasteiger partial charge on any atom is -0.340 e. The Labute approximate surface area is 115 Å². The van der Waals surface area contributed by atoms with Gasteiger partial charge in [0.2, 0.25) is 10.0 Å². The number of carbonyl (C=O) groups excluding carboxylic acids is 1. The van der Waals surface area contributed by atoms with Crippen molar-refractivity contribution in [2.45, 2.75) is 0 Å². The summed E-state index contributed by atoms with van der Waals surface area (Å²) >= 11 is 3.29. The fourth-order valence-corrected chi connectivity index (χ4v) is 2.04. The van der Waals surface area contributed by atoms with Crippen LogP contribution in [0.4, 0.5) is 0 Å². The highest BCUT2D eigenvalue weighted by Gasteiger charge is 2.11. The highest BCUT2D eigenvalue weighted by atomic mass is 79.9. The molecule has 0 aromatic heterocycles. The number of halogens is 1. The molecule has 5 nitrogen and oxygen atoms in total. The van der Waals surface area contributed by atoms with Crippen LogP contribution in [0.2, 0.25) is 0 Å². The molecule has 1 aromatic carbocycles. The lowest BCUT2D eigenvalue weighted by molar-refractivity contribution is 0.0797. The maximum absolute atomic E-state index is 11.9. The summed E-state index contributed by atoms with van der Waals surface area (Å²) in [5.41, 5.74) is 0.569. The first-order valence-electron chi connectivity index (χ1n) is 5.25. The fourth-order valence-electron chi connectivity index (χ4n) is 1.31. The molecule has 0 spiro atoms. The molecule has 7 heteroatoms. The van der Waals surface area contributed by atoms with Gasteiger partial charge in [-0.3, -0.25) is 4.79 Å². The predicted octanol–water partition coefficient (Wildman–Crippen LogP) is 1.07. The first-order valence-corrected chi connectivity index (χ1v) is 7.94. The number of nitrogens with zero attached hydrogens (tertiary/aromatic N) is 1. The van der Waals surface area contributed by atoms with Gasteiger partial charge in [0.05, 0.1) is 6.26 Å². The Morgan fingerprint density at radius 2 is 1.89 bits per heavy atom. The van der Waals surface area contributed by atoms with E-state index in [2.05, 4.69) is 20.7 Å². The van der Waals surface area contributed by atoms with Gasteiger partial charge in [-0.15, -0.1) is 0 Å². The lowest BCUT2D eigenvalue weighted by Crippen LogP contribution is -2.35. The highest BCUT2D eigenvalue weighted by Crippen LogP contribution is 2.11. The molecule has 0 radical (unpaired) electrons. The molecule has 0 saturated carbocycles. The van der Waals surface area contributed by atoms with Crippen molar-refractivity contribution in [3.63, 3.8) is 0 Å². The normalized spacial score (nSPS) is 11.3. The van der Waals surface area contributed by atoms with Crippen LogP contribution in [-0.2, 0) is 10.0 Å². The molecule has 0 aliphatic carbocycles. The lowest BCUT2D eigenvalue weighted by Gasteiger charge is -2.17. The van der Waals surface area contributed by atoms with Crippen molar-refractivity contribution in [1.29, 1.82) is 0 Å². The molecule has 0 saturated heterocycles. The number of hydrogen-bond donors (Lipinski definition) is 1. The van der Waals surface area contributed by atoms with Crippen LogP contribution in [0.25, 0.3) is 0 Å². The molecule has 18 heavy (non-hydrogen) atoms. The Bertz CT molecular complexity index is 514. The summed E-state index contributed by atoms with van der Waals surface area (Å²) in [6, 6.07) is 7.01. The van der Waals surface area contributed by atoms with Gasteiger partial charge in [-0.25, -0.2) is 13.1 Å². The van der Waals surface area contributed by atoms with Crippen LogP contribution in [0.1, 0.15) is 10.4 Å².